The Hall–Kier alpha value is -0.660. The number of aliphatic hydroxyl groups excluding tert-OH is 1. The Morgan fingerprint density at radius 2 is 1.77 bits per heavy atom. The Bertz CT molecular complexity index is 621. The molecular formula is C19H36N2O4S. The predicted molar refractivity (Wildman–Crippen MR) is 103 cm³/mol. The molecule has 1 amide bonds. The molecule has 0 heterocycles. The molecule has 152 valence electrons. The van der Waals surface area contributed by atoms with Gasteiger partial charge < -0.3 is 10.4 Å². The molecule has 0 radical (unpaired) electrons. The number of carbonyl (C=O) groups excluding carboxylic acids is 1. The molecule has 7 heteroatoms. The number of nitrogens with one attached hydrogen (secondary N) is 2. The van der Waals surface area contributed by atoms with Gasteiger partial charge in [-0.15, -0.1) is 0 Å². The molecule has 3 N–H and O–H groups in total. The fourth-order valence-electron chi connectivity index (χ4n) is 5.35. The molecule has 7 atom stereocenters. The van der Waals surface area contributed by atoms with Crippen molar-refractivity contribution in [3.63, 3.8) is 0 Å². The van der Waals surface area contributed by atoms with E-state index in [0.29, 0.717) is 0 Å². The molecular weight excluding hydrogens is 352 g/mol. The first-order valence-corrected chi connectivity index (χ1v) is 11.7. The minimum absolute atomic E-state index is 0.000733. The van der Waals surface area contributed by atoms with Gasteiger partial charge in [-0.05, 0) is 62.7 Å². The molecule has 26 heavy (non-hydrogen) atoms. The third kappa shape index (κ3) is 4.60. The Morgan fingerprint density at radius 1 is 1.19 bits per heavy atom. The van der Waals surface area contributed by atoms with Gasteiger partial charge in [0.05, 0.1) is 12.4 Å². The van der Waals surface area contributed by atoms with Crippen LogP contribution < -0.4 is 10.0 Å². The van der Waals surface area contributed by atoms with E-state index < -0.39 is 16.1 Å². The van der Waals surface area contributed by atoms with Crippen molar-refractivity contribution in [1.29, 1.82) is 0 Å². The summed E-state index contributed by atoms with van der Waals surface area (Å²) in [6, 6.07) is -0.0795. The summed E-state index contributed by atoms with van der Waals surface area (Å²) in [6.07, 6.45) is 4.08. The number of rotatable bonds is 5. The van der Waals surface area contributed by atoms with Crippen LogP contribution in [0.5, 0.6) is 0 Å². The van der Waals surface area contributed by atoms with Gasteiger partial charge in [-0.2, -0.15) is 0 Å². The maximum Gasteiger partial charge on any atom is 0.223 e. The second kappa shape index (κ2) is 7.76. The van der Waals surface area contributed by atoms with E-state index in [4.69, 9.17) is 0 Å². The molecule has 0 spiro atoms. The summed E-state index contributed by atoms with van der Waals surface area (Å²) in [5.41, 5.74) is -0.000733. The zero-order valence-corrected chi connectivity index (χ0v) is 17.8. The number of sulfonamides is 1. The Morgan fingerprint density at radius 3 is 2.31 bits per heavy atom. The summed E-state index contributed by atoms with van der Waals surface area (Å²) in [7, 11) is -3.28. The number of aliphatic hydroxyl groups is 1. The zero-order valence-electron chi connectivity index (χ0n) is 17.0. The molecule has 0 aromatic rings. The quantitative estimate of drug-likeness (QED) is 0.670. The SMILES string of the molecule is CC(C)NC(=O)[C@@H](C)[C@@H]1CC[C@@]2(C)CC[C@H](NS(C)(=O)=O)[C@@H](C)[C@@H]2[C@H]1O. The molecule has 2 aliphatic carbocycles. The lowest BCUT2D eigenvalue weighted by Crippen LogP contribution is -2.58. The van der Waals surface area contributed by atoms with E-state index in [-0.39, 0.29) is 47.1 Å². The van der Waals surface area contributed by atoms with Crippen LogP contribution in [0.4, 0.5) is 0 Å². The maximum atomic E-state index is 12.5. The first-order chi connectivity index (χ1) is 11.9. The van der Waals surface area contributed by atoms with Crippen molar-refractivity contribution >= 4 is 15.9 Å². The van der Waals surface area contributed by atoms with Gasteiger partial charge in [-0.1, -0.05) is 20.8 Å². The lowest BCUT2D eigenvalue weighted by Gasteiger charge is -2.56. The third-order valence-corrected chi connectivity index (χ3v) is 7.47. The molecule has 2 saturated carbocycles. The van der Waals surface area contributed by atoms with Crippen molar-refractivity contribution < 1.29 is 18.3 Å². The summed E-state index contributed by atoms with van der Waals surface area (Å²) < 4.78 is 26.2. The molecule has 0 aliphatic heterocycles. The third-order valence-electron chi connectivity index (χ3n) is 6.74. The lowest BCUT2D eigenvalue weighted by molar-refractivity contribution is -0.142. The fourth-order valence-corrected chi connectivity index (χ4v) is 6.23. The highest BCUT2D eigenvalue weighted by molar-refractivity contribution is 7.88. The number of hydrogen-bond donors (Lipinski definition) is 3. The highest BCUT2D eigenvalue weighted by atomic mass is 32.2. The van der Waals surface area contributed by atoms with Crippen molar-refractivity contribution in [2.45, 2.75) is 78.5 Å². The minimum atomic E-state index is -3.28. The number of amides is 1. The van der Waals surface area contributed by atoms with Gasteiger partial charge in [0.25, 0.3) is 0 Å². The monoisotopic (exact) mass is 388 g/mol. The smallest absolute Gasteiger partial charge is 0.223 e. The summed E-state index contributed by atoms with van der Waals surface area (Å²) >= 11 is 0. The van der Waals surface area contributed by atoms with Crippen molar-refractivity contribution in [3.8, 4) is 0 Å². The van der Waals surface area contributed by atoms with Crippen molar-refractivity contribution in [1.82, 2.24) is 10.0 Å². The molecule has 0 aromatic carbocycles. The van der Waals surface area contributed by atoms with E-state index in [1.54, 1.807) is 0 Å². The van der Waals surface area contributed by atoms with Crippen LogP contribution in [0.1, 0.15) is 60.3 Å². The Kier molecular flexibility index (Phi) is 6.46. The first-order valence-electron chi connectivity index (χ1n) is 9.81. The average molecular weight is 389 g/mol. The van der Waals surface area contributed by atoms with Crippen LogP contribution in [0.3, 0.4) is 0 Å². The Labute approximate surface area is 158 Å². The van der Waals surface area contributed by atoms with E-state index >= 15 is 0 Å². The van der Waals surface area contributed by atoms with Crippen LogP contribution in [-0.2, 0) is 14.8 Å². The van der Waals surface area contributed by atoms with E-state index in [1.165, 1.54) is 6.26 Å². The van der Waals surface area contributed by atoms with Crippen LogP contribution in [0.25, 0.3) is 0 Å². The van der Waals surface area contributed by atoms with Gasteiger partial charge in [0.2, 0.25) is 15.9 Å². The second-order valence-corrected chi connectivity index (χ2v) is 11.0. The molecule has 0 bridgehead atoms. The molecule has 2 fully saturated rings. The van der Waals surface area contributed by atoms with Gasteiger partial charge in [0.1, 0.15) is 0 Å². The van der Waals surface area contributed by atoms with Gasteiger partial charge in [-0.3, -0.25) is 4.79 Å². The second-order valence-electron chi connectivity index (χ2n) is 9.22. The number of fused-ring (bicyclic) bond motifs is 1. The van der Waals surface area contributed by atoms with Crippen molar-refractivity contribution in [3.05, 3.63) is 0 Å². The maximum absolute atomic E-state index is 12.5. The minimum Gasteiger partial charge on any atom is -0.392 e. The molecule has 0 unspecified atom stereocenters. The topological polar surface area (TPSA) is 95.5 Å². The van der Waals surface area contributed by atoms with E-state index in [9.17, 15) is 18.3 Å². The molecule has 2 rings (SSSR count). The summed E-state index contributed by atoms with van der Waals surface area (Å²) in [6.45, 7) is 10.0. The first kappa shape index (κ1) is 21.6. The highest BCUT2D eigenvalue weighted by Crippen LogP contribution is 2.55. The molecule has 2 aliphatic rings. The van der Waals surface area contributed by atoms with E-state index in [1.807, 2.05) is 27.7 Å². The zero-order chi connectivity index (χ0) is 19.9. The molecule has 0 aromatic heterocycles. The molecule has 6 nitrogen and oxygen atoms in total. The Balaban J connectivity index is 2.20. The van der Waals surface area contributed by atoms with Crippen molar-refractivity contribution in [2.24, 2.45) is 29.1 Å². The summed E-state index contributed by atoms with van der Waals surface area (Å²) in [5.74, 6) is -0.342. The standard InChI is InChI=1S/C19H36N2O4S/c1-11(2)20-18(23)12(3)14-7-9-19(5)10-8-15(21-26(6,24)25)13(4)16(19)17(14)22/h11-17,21-22H,7-10H2,1-6H3,(H,20,23)/t12-,13+,14-,15-,16+,17-,19-/m0/s1. The number of hydrogen-bond acceptors (Lipinski definition) is 4. The highest BCUT2D eigenvalue weighted by Gasteiger charge is 2.53. The van der Waals surface area contributed by atoms with Gasteiger partial charge in [-0.25, -0.2) is 13.1 Å². The van der Waals surface area contributed by atoms with E-state index in [2.05, 4.69) is 17.0 Å². The normalized spacial score (nSPS) is 39.3. The van der Waals surface area contributed by atoms with Gasteiger partial charge >= 0.3 is 0 Å². The predicted octanol–water partition coefficient (Wildman–Crippen LogP) is 1.89. The van der Waals surface area contributed by atoms with Crippen LogP contribution in [0.2, 0.25) is 0 Å². The lowest BCUT2D eigenvalue weighted by atomic mass is 9.52. The largest absolute Gasteiger partial charge is 0.392 e. The van der Waals surface area contributed by atoms with Crippen LogP contribution in [0.15, 0.2) is 0 Å². The van der Waals surface area contributed by atoms with Gasteiger partial charge in [0.15, 0.2) is 0 Å². The summed E-state index contributed by atoms with van der Waals surface area (Å²) in [5, 5.41) is 14.2. The number of carbonyl (C=O) groups is 1. The van der Waals surface area contributed by atoms with Crippen LogP contribution in [-0.4, -0.2) is 43.9 Å². The van der Waals surface area contributed by atoms with Crippen LogP contribution >= 0.6 is 0 Å². The van der Waals surface area contributed by atoms with E-state index in [0.717, 1.165) is 25.7 Å². The summed E-state index contributed by atoms with van der Waals surface area (Å²) in [4.78, 5) is 12.5. The average Bonchev–Trinajstić information content (AvgIpc) is 2.48. The van der Waals surface area contributed by atoms with Crippen LogP contribution in [0, 0.1) is 29.1 Å². The van der Waals surface area contributed by atoms with Gasteiger partial charge in [0, 0.05) is 18.0 Å². The fraction of sp³-hybridized carbons (Fsp3) is 0.947. The van der Waals surface area contributed by atoms with Crippen molar-refractivity contribution in [2.75, 3.05) is 6.26 Å². The molecule has 0 saturated heterocycles.